The first-order chi connectivity index (χ1) is 14.3. The van der Waals surface area contributed by atoms with E-state index in [1.54, 1.807) is 36.4 Å². The number of hydrogen-bond acceptors (Lipinski definition) is 4. The van der Waals surface area contributed by atoms with E-state index in [9.17, 15) is 4.79 Å². The lowest BCUT2D eigenvalue weighted by Crippen LogP contribution is -2.18. The van der Waals surface area contributed by atoms with Gasteiger partial charge < -0.3 is 4.74 Å². The highest BCUT2D eigenvalue weighted by Crippen LogP contribution is 2.34. The second-order valence-electron chi connectivity index (χ2n) is 5.89. The highest BCUT2D eigenvalue weighted by atomic mass is 35.5. The minimum Gasteiger partial charge on any atom is -0.486 e. The topological polar surface area (TPSA) is 63.6 Å². The molecule has 1 amide bonds. The van der Waals surface area contributed by atoms with Gasteiger partial charge in [-0.25, -0.2) is 10.4 Å². The largest absolute Gasteiger partial charge is 0.486 e. The van der Waals surface area contributed by atoms with Crippen LogP contribution in [0.25, 0.3) is 0 Å². The van der Waals surface area contributed by atoms with Gasteiger partial charge >= 0.3 is 0 Å². The predicted octanol–water partition coefficient (Wildman–Crippen LogP) is 6.69. The number of ether oxygens (including phenoxy) is 1. The summed E-state index contributed by atoms with van der Waals surface area (Å²) in [7, 11) is 0. The summed E-state index contributed by atoms with van der Waals surface area (Å²) < 4.78 is 5.72. The molecule has 3 aromatic rings. The number of carbonyl (C=O) groups is 1. The fourth-order valence-electron chi connectivity index (χ4n) is 2.36. The van der Waals surface area contributed by atoms with Gasteiger partial charge in [0.2, 0.25) is 0 Å². The van der Waals surface area contributed by atoms with E-state index < -0.39 is 5.91 Å². The molecule has 0 saturated heterocycles. The Bertz CT molecular complexity index is 1100. The summed E-state index contributed by atoms with van der Waals surface area (Å²) in [4.78, 5) is 15.9. The van der Waals surface area contributed by atoms with Gasteiger partial charge in [-0.2, -0.15) is 5.10 Å². The molecule has 30 heavy (non-hydrogen) atoms. The number of carbonyl (C=O) groups excluding carboxylic acids is 1. The standard InChI is InChI=1S/C20H12Cl5N3O2/c21-14-4-3-11(6-15(14)22)10-30-18-16(23)7-12(8-17(18)24)9-27-28-20(29)13-2-1-5-26-19(13)25/h1-9H,10H2,(H,28,29). The van der Waals surface area contributed by atoms with Crippen molar-refractivity contribution < 1.29 is 9.53 Å². The van der Waals surface area contributed by atoms with Gasteiger partial charge in [-0.1, -0.05) is 64.1 Å². The Kier molecular flexibility index (Phi) is 7.81. The smallest absolute Gasteiger partial charge is 0.274 e. The summed E-state index contributed by atoms with van der Waals surface area (Å²) in [6, 6.07) is 11.5. The maximum absolute atomic E-state index is 12.1. The number of hydrazone groups is 1. The summed E-state index contributed by atoms with van der Waals surface area (Å²) in [5.74, 6) is -0.184. The molecular formula is C20H12Cl5N3O2. The number of halogens is 5. The molecule has 10 heteroatoms. The van der Waals surface area contributed by atoms with Crippen molar-refractivity contribution in [2.45, 2.75) is 6.61 Å². The van der Waals surface area contributed by atoms with E-state index in [0.717, 1.165) is 5.56 Å². The second kappa shape index (κ2) is 10.3. The number of pyridine rings is 1. The van der Waals surface area contributed by atoms with Gasteiger partial charge in [-0.3, -0.25) is 4.79 Å². The molecule has 0 atom stereocenters. The van der Waals surface area contributed by atoms with Crippen molar-refractivity contribution >= 4 is 70.1 Å². The first kappa shape index (κ1) is 22.7. The maximum atomic E-state index is 12.1. The van der Waals surface area contributed by atoms with Crippen molar-refractivity contribution in [3.8, 4) is 5.75 Å². The van der Waals surface area contributed by atoms with Crippen molar-refractivity contribution in [2.75, 3.05) is 0 Å². The van der Waals surface area contributed by atoms with Crippen LogP contribution in [0.1, 0.15) is 21.5 Å². The number of aromatic nitrogens is 1. The number of nitrogens with one attached hydrogen (secondary N) is 1. The molecular weight excluding hydrogens is 492 g/mol. The SMILES string of the molecule is O=C(NN=Cc1cc(Cl)c(OCc2ccc(Cl)c(Cl)c2)c(Cl)c1)c1cccnc1Cl. The zero-order valence-electron chi connectivity index (χ0n) is 15.0. The maximum Gasteiger partial charge on any atom is 0.274 e. The lowest BCUT2D eigenvalue weighted by atomic mass is 10.2. The van der Waals surface area contributed by atoms with Crippen LogP contribution in [0.4, 0.5) is 0 Å². The Hall–Kier alpha value is -2.02. The van der Waals surface area contributed by atoms with Crippen LogP contribution in [0.2, 0.25) is 25.2 Å². The first-order valence-corrected chi connectivity index (χ1v) is 10.2. The fraction of sp³-hybridized carbons (Fsp3) is 0.0500. The normalized spacial score (nSPS) is 11.0. The van der Waals surface area contributed by atoms with E-state index in [2.05, 4.69) is 15.5 Å². The Morgan fingerprint density at radius 3 is 2.40 bits per heavy atom. The van der Waals surface area contributed by atoms with Gasteiger partial charge in [-0.15, -0.1) is 0 Å². The zero-order valence-corrected chi connectivity index (χ0v) is 18.8. The van der Waals surface area contributed by atoms with Crippen LogP contribution in [0, 0.1) is 0 Å². The molecule has 0 bridgehead atoms. The van der Waals surface area contributed by atoms with E-state index in [1.807, 2.05) is 0 Å². The molecule has 154 valence electrons. The molecule has 0 aliphatic carbocycles. The summed E-state index contributed by atoms with van der Waals surface area (Å²) in [6.45, 7) is 0.200. The van der Waals surface area contributed by atoms with Gasteiger partial charge in [0.15, 0.2) is 5.75 Å². The fourth-order valence-corrected chi connectivity index (χ4v) is 3.50. The van der Waals surface area contributed by atoms with E-state index >= 15 is 0 Å². The van der Waals surface area contributed by atoms with Crippen molar-refractivity contribution in [3.63, 3.8) is 0 Å². The third kappa shape index (κ3) is 5.78. The van der Waals surface area contributed by atoms with Crippen LogP contribution in [0.15, 0.2) is 53.8 Å². The molecule has 5 nitrogen and oxygen atoms in total. The van der Waals surface area contributed by atoms with E-state index in [-0.39, 0.29) is 27.4 Å². The van der Waals surface area contributed by atoms with Crippen LogP contribution < -0.4 is 10.2 Å². The minimum atomic E-state index is -0.497. The number of hydrogen-bond donors (Lipinski definition) is 1. The molecule has 0 aliphatic rings. The Balaban J connectivity index is 1.66. The summed E-state index contributed by atoms with van der Waals surface area (Å²) >= 11 is 30.4. The van der Waals surface area contributed by atoms with E-state index in [4.69, 9.17) is 62.7 Å². The molecule has 0 unspecified atom stereocenters. The van der Waals surface area contributed by atoms with Gasteiger partial charge in [0, 0.05) is 6.20 Å². The van der Waals surface area contributed by atoms with E-state index in [1.165, 1.54) is 18.5 Å². The van der Waals surface area contributed by atoms with Crippen LogP contribution in [-0.4, -0.2) is 17.1 Å². The van der Waals surface area contributed by atoms with Gasteiger partial charge in [0.25, 0.3) is 5.91 Å². The average Bonchev–Trinajstić information content (AvgIpc) is 2.70. The van der Waals surface area contributed by atoms with Crippen molar-refractivity contribution in [1.82, 2.24) is 10.4 Å². The minimum absolute atomic E-state index is 0.0831. The molecule has 2 aromatic carbocycles. The van der Waals surface area contributed by atoms with Crippen LogP contribution in [0.5, 0.6) is 5.75 Å². The number of benzene rings is 2. The van der Waals surface area contributed by atoms with Crippen molar-refractivity contribution in [3.05, 3.63) is 90.6 Å². The number of nitrogens with zero attached hydrogens (tertiary/aromatic N) is 2. The molecule has 1 N–H and O–H groups in total. The van der Waals surface area contributed by atoms with Crippen LogP contribution in [0.3, 0.4) is 0 Å². The second-order valence-corrected chi connectivity index (χ2v) is 7.88. The summed E-state index contributed by atoms with van der Waals surface area (Å²) in [6.07, 6.45) is 2.88. The van der Waals surface area contributed by atoms with Gasteiger partial charge in [-0.05, 0) is 47.5 Å². The molecule has 0 radical (unpaired) electrons. The molecule has 0 saturated carbocycles. The quantitative estimate of drug-likeness (QED) is 0.232. The number of rotatable bonds is 6. The third-order valence-electron chi connectivity index (χ3n) is 3.77. The highest BCUT2D eigenvalue weighted by molar-refractivity contribution is 6.42. The summed E-state index contributed by atoms with van der Waals surface area (Å²) in [5.41, 5.74) is 3.93. The predicted molar refractivity (Wildman–Crippen MR) is 122 cm³/mol. The highest BCUT2D eigenvalue weighted by Gasteiger charge is 2.11. The average molecular weight is 504 g/mol. The lowest BCUT2D eigenvalue weighted by molar-refractivity contribution is 0.0955. The molecule has 0 spiro atoms. The monoisotopic (exact) mass is 501 g/mol. The zero-order chi connectivity index (χ0) is 21.7. The number of amides is 1. The van der Waals surface area contributed by atoms with Crippen molar-refractivity contribution in [2.24, 2.45) is 5.10 Å². The van der Waals surface area contributed by atoms with Gasteiger partial charge in [0.05, 0.1) is 31.9 Å². The first-order valence-electron chi connectivity index (χ1n) is 8.35. The third-order valence-corrected chi connectivity index (χ3v) is 5.37. The van der Waals surface area contributed by atoms with Crippen LogP contribution >= 0.6 is 58.0 Å². The lowest BCUT2D eigenvalue weighted by Gasteiger charge is -2.11. The summed E-state index contributed by atoms with van der Waals surface area (Å²) in [5, 5.41) is 5.42. The molecule has 1 heterocycles. The van der Waals surface area contributed by atoms with E-state index in [0.29, 0.717) is 21.4 Å². The molecule has 3 rings (SSSR count). The van der Waals surface area contributed by atoms with Crippen LogP contribution in [-0.2, 0) is 6.61 Å². The Morgan fingerprint density at radius 2 is 1.73 bits per heavy atom. The Morgan fingerprint density at radius 1 is 1.00 bits per heavy atom. The molecule has 1 aromatic heterocycles. The Labute approximate surface area is 197 Å². The molecule has 0 fully saturated rings. The van der Waals surface area contributed by atoms with Crippen molar-refractivity contribution in [1.29, 1.82) is 0 Å². The van der Waals surface area contributed by atoms with Gasteiger partial charge in [0.1, 0.15) is 11.8 Å². The molecule has 0 aliphatic heterocycles.